The van der Waals surface area contributed by atoms with Gasteiger partial charge in [-0.1, -0.05) is 29.8 Å². The zero-order valence-corrected chi connectivity index (χ0v) is 17.2. The molecule has 10 heteroatoms. The second-order valence-electron chi connectivity index (χ2n) is 7.60. The number of rotatable bonds is 3. The second kappa shape index (κ2) is 8.05. The van der Waals surface area contributed by atoms with Crippen molar-refractivity contribution in [1.82, 2.24) is 0 Å². The van der Waals surface area contributed by atoms with Gasteiger partial charge in [0.2, 0.25) is 5.91 Å². The van der Waals surface area contributed by atoms with E-state index in [1.807, 2.05) is 0 Å². The number of ketones is 1. The van der Waals surface area contributed by atoms with Crippen molar-refractivity contribution in [3.8, 4) is 0 Å². The summed E-state index contributed by atoms with van der Waals surface area (Å²) in [6, 6.07) is 8.53. The van der Waals surface area contributed by atoms with Crippen LogP contribution in [0.4, 0.5) is 24.5 Å². The maximum atomic E-state index is 13.7. The molecule has 0 spiro atoms. The Labute approximate surface area is 185 Å². The average molecular weight is 465 g/mol. The van der Waals surface area contributed by atoms with Gasteiger partial charge in [0.15, 0.2) is 5.78 Å². The molecule has 1 amide bonds. The molecule has 2 aliphatic rings. The predicted molar refractivity (Wildman–Crippen MR) is 110 cm³/mol. The van der Waals surface area contributed by atoms with Gasteiger partial charge in [-0.05, 0) is 30.5 Å². The number of carbonyl (C=O) groups excluding carboxylic acids is 2. The first-order valence-corrected chi connectivity index (χ1v) is 10.2. The van der Waals surface area contributed by atoms with E-state index in [4.69, 9.17) is 11.6 Å². The van der Waals surface area contributed by atoms with Crippen molar-refractivity contribution in [2.75, 3.05) is 4.90 Å². The Bertz CT molecular complexity index is 1180. The molecular formula is C22H16ClF3N2O4. The highest BCUT2D eigenvalue weighted by Gasteiger charge is 2.43. The number of nitro groups is 1. The van der Waals surface area contributed by atoms with Gasteiger partial charge in [0, 0.05) is 42.2 Å². The zero-order chi connectivity index (χ0) is 23.2. The number of alkyl halides is 3. The van der Waals surface area contributed by atoms with Gasteiger partial charge < -0.3 is 0 Å². The third kappa shape index (κ3) is 3.77. The number of allylic oxidation sites excluding steroid dienone is 2. The van der Waals surface area contributed by atoms with E-state index >= 15 is 0 Å². The largest absolute Gasteiger partial charge is 0.416 e. The first-order chi connectivity index (χ1) is 15.1. The Kier molecular flexibility index (Phi) is 5.54. The summed E-state index contributed by atoms with van der Waals surface area (Å²) in [6.07, 6.45) is -4.11. The first kappa shape index (κ1) is 22.0. The van der Waals surface area contributed by atoms with Gasteiger partial charge in [0.05, 0.1) is 21.2 Å². The minimum atomic E-state index is -4.64. The molecule has 2 aromatic rings. The van der Waals surface area contributed by atoms with E-state index in [1.54, 1.807) is 0 Å². The van der Waals surface area contributed by atoms with Crippen molar-refractivity contribution >= 4 is 34.7 Å². The quantitative estimate of drug-likeness (QED) is 0.425. The average Bonchev–Trinajstić information content (AvgIpc) is 2.73. The number of hydrogen-bond acceptors (Lipinski definition) is 4. The summed E-state index contributed by atoms with van der Waals surface area (Å²) in [4.78, 5) is 37.7. The summed E-state index contributed by atoms with van der Waals surface area (Å²) in [5, 5.41) is 10.9. The van der Waals surface area contributed by atoms with Crippen LogP contribution in [0.25, 0.3) is 0 Å². The Morgan fingerprint density at radius 2 is 1.81 bits per heavy atom. The number of non-ortho nitro benzene ring substituents is 1. The van der Waals surface area contributed by atoms with Crippen molar-refractivity contribution in [3.05, 3.63) is 80.0 Å². The number of anilines is 1. The number of nitro benzene ring substituents is 1. The molecule has 1 heterocycles. The minimum Gasteiger partial charge on any atom is -0.294 e. The maximum Gasteiger partial charge on any atom is 0.416 e. The van der Waals surface area contributed by atoms with Gasteiger partial charge in [-0.3, -0.25) is 24.6 Å². The zero-order valence-electron chi connectivity index (χ0n) is 16.5. The molecule has 0 N–H and O–H groups in total. The third-order valence-corrected chi connectivity index (χ3v) is 6.00. The van der Waals surface area contributed by atoms with Crippen LogP contribution >= 0.6 is 11.6 Å². The maximum absolute atomic E-state index is 13.7. The summed E-state index contributed by atoms with van der Waals surface area (Å²) in [5.74, 6) is -1.88. The molecule has 166 valence electrons. The van der Waals surface area contributed by atoms with Crippen LogP contribution in [0, 0.1) is 10.1 Å². The Morgan fingerprint density at radius 1 is 1.09 bits per heavy atom. The van der Waals surface area contributed by atoms with E-state index in [0.717, 1.165) is 12.1 Å². The topological polar surface area (TPSA) is 80.5 Å². The van der Waals surface area contributed by atoms with E-state index in [0.29, 0.717) is 18.5 Å². The van der Waals surface area contributed by atoms with Crippen molar-refractivity contribution in [1.29, 1.82) is 0 Å². The molecule has 0 radical (unpaired) electrons. The summed E-state index contributed by atoms with van der Waals surface area (Å²) < 4.78 is 41.0. The monoisotopic (exact) mass is 464 g/mol. The van der Waals surface area contributed by atoms with E-state index in [9.17, 15) is 32.9 Å². The van der Waals surface area contributed by atoms with Crippen molar-refractivity contribution in [3.63, 3.8) is 0 Å². The Morgan fingerprint density at radius 3 is 2.47 bits per heavy atom. The van der Waals surface area contributed by atoms with Crippen molar-refractivity contribution in [2.45, 2.75) is 37.8 Å². The number of hydrogen-bond donors (Lipinski definition) is 0. The lowest BCUT2D eigenvalue weighted by Crippen LogP contribution is -2.41. The number of amides is 1. The summed E-state index contributed by atoms with van der Waals surface area (Å²) >= 11 is 6.22. The number of carbonyl (C=O) groups is 2. The van der Waals surface area contributed by atoms with Crippen LogP contribution in [0.2, 0.25) is 5.02 Å². The lowest BCUT2D eigenvalue weighted by Gasteiger charge is -2.39. The Hall–Kier alpha value is -3.20. The summed E-state index contributed by atoms with van der Waals surface area (Å²) in [5.41, 5.74) is -0.645. The molecule has 0 aromatic heterocycles. The number of benzene rings is 2. The van der Waals surface area contributed by atoms with Gasteiger partial charge in [-0.25, -0.2) is 0 Å². The molecule has 0 fully saturated rings. The molecule has 2 aromatic carbocycles. The normalized spacial score (nSPS) is 19.2. The number of Topliss-reactive ketones (excluding diaryl/α,β-unsaturated/α-hetero) is 1. The van der Waals surface area contributed by atoms with Crippen LogP contribution in [0.5, 0.6) is 0 Å². The fourth-order valence-electron chi connectivity index (χ4n) is 4.39. The lowest BCUT2D eigenvalue weighted by atomic mass is 9.76. The predicted octanol–water partition coefficient (Wildman–Crippen LogP) is 5.79. The SMILES string of the molecule is O=C1CCCC2=C1C(c1ccccc1C(F)(F)F)CC(=O)N2c1ccc([N+](=O)[O-])cc1Cl. The van der Waals surface area contributed by atoms with Crippen LogP contribution in [0.1, 0.15) is 42.7 Å². The third-order valence-electron chi connectivity index (χ3n) is 5.70. The summed E-state index contributed by atoms with van der Waals surface area (Å²) in [7, 11) is 0. The lowest BCUT2D eigenvalue weighted by molar-refractivity contribution is -0.384. The molecule has 0 saturated carbocycles. The van der Waals surface area contributed by atoms with E-state index in [1.165, 1.54) is 35.2 Å². The van der Waals surface area contributed by atoms with Crippen LogP contribution in [-0.4, -0.2) is 16.6 Å². The highest BCUT2D eigenvalue weighted by molar-refractivity contribution is 6.34. The molecule has 1 unspecified atom stereocenters. The van der Waals surface area contributed by atoms with Gasteiger partial charge in [-0.15, -0.1) is 0 Å². The van der Waals surface area contributed by atoms with Gasteiger partial charge in [0.1, 0.15) is 0 Å². The molecule has 0 saturated heterocycles. The van der Waals surface area contributed by atoms with Crippen molar-refractivity contribution < 1.29 is 27.7 Å². The molecule has 32 heavy (non-hydrogen) atoms. The summed E-state index contributed by atoms with van der Waals surface area (Å²) in [6.45, 7) is 0. The molecule has 4 rings (SSSR count). The van der Waals surface area contributed by atoms with Crippen LogP contribution in [0.3, 0.4) is 0 Å². The first-order valence-electron chi connectivity index (χ1n) is 9.79. The number of nitrogens with zero attached hydrogens (tertiary/aromatic N) is 2. The highest BCUT2D eigenvalue weighted by Crippen LogP contribution is 2.47. The van der Waals surface area contributed by atoms with Crippen LogP contribution in [0.15, 0.2) is 53.7 Å². The van der Waals surface area contributed by atoms with Gasteiger partial charge >= 0.3 is 6.18 Å². The van der Waals surface area contributed by atoms with Crippen LogP contribution in [-0.2, 0) is 15.8 Å². The molecule has 1 atom stereocenters. The van der Waals surface area contributed by atoms with E-state index in [2.05, 4.69) is 0 Å². The Balaban J connectivity index is 1.89. The van der Waals surface area contributed by atoms with E-state index in [-0.39, 0.29) is 46.2 Å². The highest BCUT2D eigenvalue weighted by atomic mass is 35.5. The molecular weight excluding hydrogens is 449 g/mol. The second-order valence-corrected chi connectivity index (χ2v) is 8.01. The van der Waals surface area contributed by atoms with Gasteiger partial charge in [-0.2, -0.15) is 13.2 Å². The molecule has 6 nitrogen and oxygen atoms in total. The fourth-order valence-corrected chi connectivity index (χ4v) is 4.65. The van der Waals surface area contributed by atoms with Gasteiger partial charge in [0.25, 0.3) is 5.69 Å². The fraction of sp³-hybridized carbons (Fsp3) is 0.273. The molecule has 0 bridgehead atoms. The minimum absolute atomic E-state index is 0.0634. The van der Waals surface area contributed by atoms with E-state index < -0.39 is 28.5 Å². The smallest absolute Gasteiger partial charge is 0.294 e. The standard InChI is InChI=1S/C22H16ClF3N2O4/c23-16-10-12(28(31)32)8-9-17(16)27-18-6-3-7-19(29)21(18)14(11-20(27)30)13-4-1-2-5-15(13)22(24,25)26/h1-2,4-5,8-10,14H,3,6-7,11H2. The molecule has 1 aliphatic carbocycles. The van der Waals surface area contributed by atoms with Crippen molar-refractivity contribution in [2.24, 2.45) is 0 Å². The molecule has 1 aliphatic heterocycles. The van der Waals surface area contributed by atoms with Crippen LogP contribution < -0.4 is 4.90 Å². The number of halogens is 4.